The molecule has 5 nitrogen and oxygen atoms in total. The van der Waals surface area contributed by atoms with Gasteiger partial charge in [-0.3, -0.25) is 4.98 Å². The average molecular weight is 305 g/mol. The van der Waals surface area contributed by atoms with Crippen molar-refractivity contribution < 1.29 is 5.21 Å². The van der Waals surface area contributed by atoms with Crippen LogP contribution in [0.3, 0.4) is 0 Å². The van der Waals surface area contributed by atoms with E-state index in [1.54, 1.807) is 18.3 Å². The number of aromatic nitrogens is 1. The molecule has 1 heterocycles. The first-order valence-electron chi connectivity index (χ1n) is 6.51. The molecule has 0 saturated heterocycles. The number of hydrogen-bond acceptors (Lipinski definition) is 4. The smallest absolute Gasteiger partial charge is 0.170 e. The first kappa shape index (κ1) is 15.3. The Morgan fingerprint density at radius 3 is 2.90 bits per heavy atom. The number of hydrogen-bond donors (Lipinski definition) is 3. The Balaban J connectivity index is 2.04. The largest absolute Gasteiger partial charge is 0.409 e. The van der Waals surface area contributed by atoms with Gasteiger partial charge >= 0.3 is 0 Å². The molecule has 0 aliphatic rings. The third-order valence-electron chi connectivity index (χ3n) is 3.24. The van der Waals surface area contributed by atoms with Gasteiger partial charge in [0.05, 0.1) is 0 Å². The highest BCUT2D eigenvalue weighted by atomic mass is 35.5. The predicted molar refractivity (Wildman–Crippen MR) is 83.5 cm³/mol. The van der Waals surface area contributed by atoms with Crippen LogP contribution in [-0.4, -0.2) is 16.0 Å². The van der Waals surface area contributed by atoms with Gasteiger partial charge in [0.2, 0.25) is 0 Å². The van der Waals surface area contributed by atoms with Crippen LogP contribution < -0.4 is 11.1 Å². The van der Waals surface area contributed by atoms with Gasteiger partial charge in [0.1, 0.15) is 0 Å². The van der Waals surface area contributed by atoms with Gasteiger partial charge < -0.3 is 16.3 Å². The van der Waals surface area contributed by atoms with Crippen LogP contribution in [0.4, 0.5) is 0 Å². The first-order chi connectivity index (χ1) is 10.1. The van der Waals surface area contributed by atoms with E-state index in [-0.39, 0.29) is 11.9 Å². The molecule has 0 spiro atoms. The van der Waals surface area contributed by atoms with Gasteiger partial charge in [0.25, 0.3) is 0 Å². The monoisotopic (exact) mass is 304 g/mol. The highest BCUT2D eigenvalue weighted by Crippen LogP contribution is 2.19. The highest BCUT2D eigenvalue weighted by molar-refractivity contribution is 6.31. The van der Waals surface area contributed by atoms with Gasteiger partial charge in [-0.15, -0.1) is 0 Å². The lowest BCUT2D eigenvalue weighted by Gasteiger charge is -2.15. The lowest BCUT2D eigenvalue weighted by molar-refractivity contribution is 0.318. The Labute approximate surface area is 128 Å². The molecule has 6 heteroatoms. The molecule has 0 radical (unpaired) electrons. The summed E-state index contributed by atoms with van der Waals surface area (Å²) in [4.78, 5) is 4.10. The second-order valence-electron chi connectivity index (χ2n) is 4.68. The zero-order valence-electron chi connectivity index (χ0n) is 11.6. The van der Waals surface area contributed by atoms with E-state index in [2.05, 4.69) is 22.4 Å². The second-order valence-corrected chi connectivity index (χ2v) is 5.09. The predicted octanol–water partition coefficient (Wildman–Crippen LogP) is 2.68. The molecule has 21 heavy (non-hydrogen) atoms. The van der Waals surface area contributed by atoms with Gasteiger partial charge in [-0.2, -0.15) is 0 Å². The number of nitrogens with one attached hydrogen (secondary N) is 1. The van der Waals surface area contributed by atoms with Crippen LogP contribution in [0.15, 0.2) is 47.9 Å². The van der Waals surface area contributed by atoms with Crippen LogP contribution >= 0.6 is 11.6 Å². The van der Waals surface area contributed by atoms with Crippen molar-refractivity contribution in [3.05, 3.63) is 64.4 Å². The van der Waals surface area contributed by atoms with Gasteiger partial charge in [0, 0.05) is 35.6 Å². The summed E-state index contributed by atoms with van der Waals surface area (Å²) in [6.45, 7) is 2.68. The summed E-state index contributed by atoms with van der Waals surface area (Å²) < 4.78 is 0. The maximum atomic E-state index is 8.65. The molecular formula is C15H17ClN4O. The Morgan fingerprint density at radius 1 is 1.48 bits per heavy atom. The number of oxime groups is 1. The topological polar surface area (TPSA) is 83.5 Å². The Hall–Kier alpha value is -2.11. The Kier molecular flexibility index (Phi) is 5.14. The first-order valence-corrected chi connectivity index (χ1v) is 6.89. The number of nitrogens with two attached hydrogens (primary N) is 1. The van der Waals surface area contributed by atoms with Crippen molar-refractivity contribution >= 4 is 17.4 Å². The summed E-state index contributed by atoms with van der Waals surface area (Å²) in [6, 6.07) is 9.41. The van der Waals surface area contributed by atoms with Crippen molar-refractivity contribution in [2.24, 2.45) is 10.9 Å². The zero-order chi connectivity index (χ0) is 15.2. The van der Waals surface area contributed by atoms with Gasteiger partial charge in [0.15, 0.2) is 5.84 Å². The van der Waals surface area contributed by atoms with E-state index in [0.29, 0.717) is 17.1 Å². The van der Waals surface area contributed by atoms with Crippen molar-refractivity contribution in [2.75, 3.05) is 0 Å². The molecule has 0 saturated carbocycles. The molecule has 0 bridgehead atoms. The molecule has 4 N–H and O–H groups in total. The normalized spacial score (nSPS) is 13.1. The number of rotatable bonds is 5. The van der Waals surface area contributed by atoms with E-state index >= 15 is 0 Å². The number of nitrogens with zero attached hydrogens (tertiary/aromatic N) is 2. The van der Waals surface area contributed by atoms with Gasteiger partial charge in [-0.1, -0.05) is 35.0 Å². The third-order valence-corrected chi connectivity index (χ3v) is 3.59. The molecule has 1 unspecified atom stereocenters. The number of pyridine rings is 1. The summed E-state index contributed by atoms with van der Waals surface area (Å²) in [5, 5.41) is 15.6. The molecule has 1 atom stereocenters. The van der Waals surface area contributed by atoms with Gasteiger partial charge in [-0.25, -0.2) is 0 Å². The maximum absolute atomic E-state index is 8.65. The summed E-state index contributed by atoms with van der Waals surface area (Å²) in [6.07, 6.45) is 3.58. The van der Waals surface area contributed by atoms with Crippen molar-refractivity contribution in [2.45, 2.75) is 19.5 Å². The van der Waals surface area contributed by atoms with Crippen LogP contribution in [0.5, 0.6) is 0 Å². The number of amidine groups is 1. The molecule has 2 rings (SSSR count). The molecule has 0 amide bonds. The van der Waals surface area contributed by atoms with E-state index in [4.69, 9.17) is 22.5 Å². The summed E-state index contributed by atoms with van der Waals surface area (Å²) >= 11 is 6.22. The van der Waals surface area contributed by atoms with Crippen molar-refractivity contribution in [1.82, 2.24) is 10.3 Å². The average Bonchev–Trinajstić information content (AvgIpc) is 2.53. The fourth-order valence-corrected chi connectivity index (χ4v) is 2.17. The Bertz CT molecular complexity index is 631. The van der Waals surface area contributed by atoms with E-state index in [0.717, 1.165) is 11.1 Å². The minimum atomic E-state index is 0.0418. The Morgan fingerprint density at radius 2 is 2.29 bits per heavy atom. The quantitative estimate of drug-likeness (QED) is 0.343. The zero-order valence-corrected chi connectivity index (χ0v) is 12.4. The fourth-order valence-electron chi connectivity index (χ4n) is 1.92. The number of benzene rings is 1. The third kappa shape index (κ3) is 3.93. The highest BCUT2D eigenvalue weighted by Gasteiger charge is 2.08. The van der Waals surface area contributed by atoms with Crippen LogP contribution in [0, 0.1) is 0 Å². The van der Waals surface area contributed by atoms with E-state index in [1.807, 2.05) is 24.4 Å². The van der Waals surface area contributed by atoms with E-state index in [1.165, 1.54) is 0 Å². The molecular weight excluding hydrogens is 288 g/mol. The van der Waals surface area contributed by atoms with Crippen LogP contribution in [0.1, 0.15) is 29.7 Å². The van der Waals surface area contributed by atoms with Crippen LogP contribution in [0.25, 0.3) is 0 Å². The summed E-state index contributed by atoms with van der Waals surface area (Å²) in [5.74, 6) is 0.0418. The van der Waals surface area contributed by atoms with Crippen molar-refractivity contribution in [1.29, 1.82) is 0 Å². The molecule has 0 fully saturated rings. The lowest BCUT2D eigenvalue weighted by Crippen LogP contribution is -2.19. The molecule has 1 aromatic carbocycles. The van der Waals surface area contributed by atoms with Crippen LogP contribution in [-0.2, 0) is 6.54 Å². The minimum Gasteiger partial charge on any atom is -0.409 e. The molecule has 1 aromatic heterocycles. The van der Waals surface area contributed by atoms with Crippen molar-refractivity contribution in [3.8, 4) is 0 Å². The SMILES string of the molecule is CC(NCc1ccc(/C(N)=N/O)cc1Cl)c1cccnc1. The van der Waals surface area contributed by atoms with E-state index in [9.17, 15) is 0 Å². The molecule has 0 aliphatic heterocycles. The molecule has 0 aliphatic carbocycles. The van der Waals surface area contributed by atoms with Crippen molar-refractivity contribution in [3.63, 3.8) is 0 Å². The fraction of sp³-hybridized carbons (Fsp3) is 0.200. The van der Waals surface area contributed by atoms with Gasteiger partial charge in [-0.05, 0) is 30.2 Å². The standard InChI is InChI=1S/C15H17ClN4O/c1-10(12-3-2-6-18-8-12)19-9-13-5-4-11(7-14(13)16)15(17)20-21/h2-8,10,19,21H,9H2,1H3,(H2,17,20). The summed E-state index contributed by atoms with van der Waals surface area (Å²) in [5.41, 5.74) is 8.18. The summed E-state index contributed by atoms with van der Waals surface area (Å²) in [7, 11) is 0. The van der Waals surface area contributed by atoms with E-state index < -0.39 is 0 Å². The number of halogens is 1. The lowest BCUT2D eigenvalue weighted by atomic mass is 10.1. The molecule has 110 valence electrons. The second kappa shape index (κ2) is 7.06. The minimum absolute atomic E-state index is 0.0418. The molecule has 2 aromatic rings. The van der Waals surface area contributed by atoms with Crippen LogP contribution in [0.2, 0.25) is 5.02 Å². The maximum Gasteiger partial charge on any atom is 0.170 e.